The molecule has 0 saturated heterocycles. The zero-order valence-electron chi connectivity index (χ0n) is 11.1. The van der Waals surface area contributed by atoms with Crippen LogP contribution < -0.4 is 5.32 Å². The van der Waals surface area contributed by atoms with E-state index in [9.17, 15) is 4.79 Å². The molecule has 0 aromatic heterocycles. The van der Waals surface area contributed by atoms with E-state index in [0.29, 0.717) is 13.1 Å². The Balaban J connectivity index is 2.35. The van der Waals surface area contributed by atoms with Crippen LogP contribution >= 0.6 is 11.6 Å². The lowest BCUT2D eigenvalue weighted by molar-refractivity contribution is -0.122. The van der Waals surface area contributed by atoms with Gasteiger partial charge in [0.25, 0.3) is 0 Å². The smallest absolute Gasteiger partial charge is 0.234 e. The van der Waals surface area contributed by atoms with Crippen molar-refractivity contribution in [2.75, 3.05) is 20.1 Å². The number of unbranched alkanes of at least 4 members (excludes halogenated alkanes) is 1. The SMILES string of the molecule is CCCCNC(=O)CN(C)Cc1ccccc1Cl. The minimum atomic E-state index is 0.0676. The molecule has 100 valence electrons. The molecule has 3 nitrogen and oxygen atoms in total. The first-order valence-corrected chi connectivity index (χ1v) is 6.70. The van der Waals surface area contributed by atoms with E-state index >= 15 is 0 Å². The van der Waals surface area contributed by atoms with Gasteiger partial charge in [0, 0.05) is 18.1 Å². The zero-order chi connectivity index (χ0) is 13.4. The Hall–Kier alpha value is -1.06. The number of rotatable bonds is 7. The Bertz CT molecular complexity index is 382. The maximum absolute atomic E-state index is 11.6. The third-order valence-electron chi connectivity index (χ3n) is 2.66. The molecule has 0 spiro atoms. The van der Waals surface area contributed by atoms with Gasteiger partial charge in [-0.25, -0.2) is 0 Å². The standard InChI is InChI=1S/C14H21ClN2O/c1-3-4-9-16-14(18)11-17(2)10-12-7-5-6-8-13(12)15/h5-8H,3-4,9-11H2,1-2H3,(H,16,18). The second-order valence-corrected chi connectivity index (χ2v) is 4.87. The summed E-state index contributed by atoms with van der Waals surface area (Å²) in [7, 11) is 1.92. The molecule has 0 aliphatic rings. The van der Waals surface area contributed by atoms with Crippen LogP contribution in [0.15, 0.2) is 24.3 Å². The van der Waals surface area contributed by atoms with Crippen LogP contribution in [0.4, 0.5) is 0 Å². The summed E-state index contributed by atoms with van der Waals surface area (Å²) in [5.41, 5.74) is 1.04. The third-order valence-corrected chi connectivity index (χ3v) is 3.03. The van der Waals surface area contributed by atoms with Crippen molar-refractivity contribution in [3.05, 3.63) is 34.9 Å². The van der Waals surface area contributed by atoms with Crippen molar-refractivity contribution in [1.29, 1.82) is 0 Å². The van der Waals surface area contributed by atoms with Crippen LogP contribution in [0.5, 0.6) is 0 Å². The highest BCUT2D eigenvalue weighted by Crippen LogP contribution is 2.16. The van der Waals surface area contributed by atoms with Crippen LogP contribution in [-0.2, 0) is 11.3 Å². The van der Waals surface area contributed by atoms with E-state index < -0.39 is 0 Å². The third kappa shape index (κ3) is 5.52. The average Bonchev–Trinajstić information content (AvgIpc) is 2.32. The summed E-state index contributed by atoms with van der Waals surface area (Å²) in [4.78, 5) is 13.6. The highest BCUT2D eigenvalue weighted by molar-refractivity contribution is 6.31. The van der Waals surface area contributed by atoms with Gasteiger partial charge in [0.2, 0.25) is 5.91 Å². The Labute approximate surface area is 114 Å². The van der Waals surface area contributed by atoms with Gasteiger partial charge in [0.1, 0.15) is 0 Å². The van der Waals surface area contributed by atoms with Crippen LogP contribution in [0.25, 0.3) is 0 Å². The summed E-state index contributed by atoms with van der Waals surface area (Å²) in [5, 5.41) is 3.65. The first-order chi connectivity index (χ1) is 8.63. The second kappa shape index (κ2) is 8.11. The quantitative estimate of drug-likeness (QED) is 0.771. The average molecular weight is 269 g/mol. The maximum Gasteiger partial charge on any atom is 0.234 e. The number of carbonyl (C=O) groups excluding carboxylic acids is 1. The second-order valence-electron chi connectivity index (χ2n) is 4.47. The minimum Gasteiger partial charge on any atom is -0.355 e. The van der Waals surface area contributed by atoms with E-state index in [1.165, 1.54) is 0 Å². The molecule has 1 N–H and O–H groups in total. The predicted octanol–water partition coefficient (Wildman–Crippen LogP) is 2.69. The molecule has 0 unspecified atom stereocenters. The van der Waals surface area contributed by atoms with Crippen molar-refractivity contribution >= 4 is 17.5 Å². The number of nitrogens with zero attached hydrogens (tertiary/aromatic N) is 1. The summed E-state index contributed by atoms with van der Waals surface area (Å²) >= 11 is 6.08. The molecule has 0 bridgehead atoms. The number of benzene rings is 1. The normalized spacial score (nSPS) is 10.7. The molecule has 1 amide bonds. The monoisotopic (exact) mass is 268 g/mol. The van der Waals surface area contributed by atoms with Crippen LogP contribution in [0.3, 0.4) is 0 Å². The molecule has 0 atom stereocenters. The molecule has 1 aromatic carbocycles. The van der Waals surface area contributed by atoms with Crippen molar-refractivity contribution in [1.82, 2.24) is 10.2 Å². The van der Waals surface area contributed by atoms with E-state index in [1.54, 1.807) is 0 Å². The van der Waals surface area contributed by atoms with Gasteiger partial charge in [-0.15, -0.1) is 0 Å². The molecule has 0 heterocycles. The van der Waals surface area contributed by atoms with Crippen LogP contribution in [0, 0.1) is 0 Å². The molecule has 1 aromatic rings. The Kier molecular flexibility index (Phi) is 6.76. The number of nitrogens with one attached hydrogen (secondary N) is 1. The summed E-state index contributed by atoms with van der Waals surface area (Å²) < 4.78 is 0. The molecular formula is C14H21ClN2O. The largest absolute Gasteiger partial charge is 0.355 e. The molecule has 1 rings (SSSR count). The number of hydrogen-bond donors (Lipinski definition) is 1. The van der Waals surface area contributed by atoms with Gasteiger partial charge in [-0.05, 0) is 25.1 Å². The molecule has 0 radical (unpaired) electrons. The number of amides is 1. The Morgan fingerprint density at radius 3 is 2.78 bits per heavy atom. The van der Waals surface area contributed by atoms with Crippen LogP contribution in [0.1, 0.15) is 25.3 Å². The summed E-state index contributed by atoms with van der Waals surface area (Å²) in [6.45, 7) is 3.95. The van der Waals surface area contributed by atoms with Crippen LogP contribution in [-0.4, -0.2) is 30.9 Å². The number of hydrogen-bond acceptors (Lipinski definition) is 2. The van der Waals surface area contributed by atoms with Crippen molar-refractivity contribution < 1.29 is 4.79 Å². The minimum absolute atomic E-state index is 0.0676. The topological polar surface area (TPSA) is 32.3 Å². The van der Waals surface area contributed by atoms with Crippen molar-refractivity contribution in [3.8, 4) is 0 Å². The first kappa shape index (κ1) is 15.0. The highest BCUT2D eigenvalue weighted by Gasteiger charge is 2.08. The number of likely N-dealkylation sites (N-methyl/N-ethyl adjacent to an activating group) is 1. The highest BCUT2D eigenvalue weighted by atomic mass is 35.5. The van der Waals surface area contributed by atoms with Crippen molar-refractivity contribution in [2.45, 2.75) is 26.3 Å². The van der Waals surface area contributed by atoms with Gasteiger partial charge < -0.3 is 5.32 Å². The molecule has 0 aliphatic carbocycles. The Morgan fingerprint density at radius 2 is 2.11 bits per heavy atom. The molecular weight excluding hydrogens is 248 g/mol. The van der Waals surface area contributed by atoms with Gasteiger partial charge >= 0.3 is 0 Å². The fourth-order valence-electron chi connectivity index (χ4n) is 1.68. The first-order valence-electron chi connectivity index (χ1n) is 6.32. The molecule has 0 saturated carbocycles. The lowest BCUT2D eigenvalue weighted by Gasteiger charge is -2.17. The van der Waals surface area contributed by atoms with Gasteiger partial charge in [0.15, 0.2) is 0 Å². The molecule has 0 fully saturated rings. The molecule has 0 aliphatic heterocycles. The Morgan fingerprint density at radius 1 is 1.39 bits per heavy atom. The van der Waals surface area contributed by atoms with E-state index in [0.717, 1.165) is 30.0 Å². The van der Waals surface area contributed by atoms with E-state index in [4.69, 9.17) is 11.6 Å². The van der Waals surface area contributed by atoms with Gasteiger partial charge in [-0.1, -0.05) is 43.1 Å². The van der Waals surface area contributed by atoms with E-state index in [2.05, 4.69) is 12.2 Å². The lowest BCUT2D eigenvalue weighted by atomic mass is 10.2. The van der Waals surface area contributed by atoms with E-state index in [1.807, 2.05) is 36.2 Å². The predicted molar refractivity (Wildman–Crippen MR) is 75.7 cm³/mol. The molecule has 18 heavy (non-hydrogen) atoms. The van der Waals surface area contributed by atoms with E-state index in [-0.39, 0.29) is 5.91 Å². The van der Waals surface area contributed by atoms with Crippen molar-refractivity contribution in [2.24, 2.45) is 0 Å². The maximum atomic E-state index is 11.6. The summed E-state index contributed by atoms with van der Waals surface area (Å²) in [6, 6.07) is 7.71. The summed E-state index contributed by atoms with van der Waals surface area (Å²) in [6.07, 6.45) is 2.12. The van der Waals surface area contributed by atoms with Crippen LogP contribution in [0.2, 0.25) is 5.02 Å². The lowest BCUT2D eigenvalue weighted by Crippen LogP contribution is -2.35. The summed E-state index contributed by atoms with van der Waals surface area (Å²) in [5.74, 6) is 0.0676. The van der Waals surface area contributed by atoms with Gasteiger partial charge in [-0.2, -0.15) is 0 Å². The zero-order valence-corrected chi connectivity index (χ0v) is 11.8. The fourth-order valence-corrected chi connectivity index (χ4v) is 1.87. The fraction of sp³-hybridized carbons (Fsp3) is 0.500. The van der Waals surface area contributed by atoms with Gasteiger partial charge in [-0.3, -0.25) is 9.69 Å². The molecule has 4 heteroatoms. The number of carbonyl (C=O) groups is 1. The number of halogens is 1. The van der Waals surface area contributed by atoms with Gasteiger partial charge in [0.05, 0.1) is 6.54 Å². The van der Waals surface area contributed by atoms with Crippen molar-refractivity contribution in [3.63, 3.8) is 0 Å².